The van der Waals surface area contributed by atoms with Gasteiger partial charge in [0, 0.05) is 19.6 Å². The van der Waals surface area contributed by atoms with Crippen LogP contribution in [0, 0.1) is 0 Å². The normalized spacial score (nSPS) is 17.7. The first-order valence-electron chi connectivity index (χ1n) is 3.48. The van der Waals surface area contributed by atoms with Gasteiger partial charge in [0.2, 0.25) is 0 Å². The smallest absolute Gasteiger partial charge is 0.407 e. The van der Waals surface area contributed by atoms with Gasteiger partial charge in [-0.05, 0) is 6.92 Å². The third-order valence-electron chi connectivity index (χ3n) is 1.34. The van der Waals surface area contributed by atoms with Crippen molar-refractivity contribution < 1.29 is 9.53 Å². The molecular weight excluding hydrogens is 132 g/mol. The Balaban J connectivity index is 2.05. The molecule has 2 N–H and O–H groups in total. The average molecular weight is 144 g/mol. The molecule has 0 aromatic carbocycles. The molecule has 1 amide bonds. The number of alkyl carbamates (subject to hydrolysis) is 1. The lowest BCUT2D eigenvalue weighted by atomic mass is 10.2. The molecule has 4 heteroatoms. The van der Waals surface area contributed by atoms with E-state index in [4.69, 9.17) is 4.74 Å². The summed E-state index contributed by atoms with van der Waals surface area (Å²) in [6.07, 6.45) is -0.222. The van der Waals surface area contributed by atoms with E-state index >= 15 is 0 Å². The van der Waals surface area contributed by atoms with Crippen molar-refractivity contribution in [1.82, 2.24) is 10.6 Å². The Hall–Kier alpha value is -0.770. The molecule has 0 saturated carbocycles. The van der Waals surface area contributed by atoms with Crippen molar-refractivity contribution in [2.45, 2.75) is 13.0 Å². The highest BCUT2D eigenvalue weighted by Gasteiger charge is 2.20. The van der Waals surface area contributed by atoms with E-state index in [0.29, 0.717) is 6.54 Å². The van der Waals surface area contributed by atoms with Crippen LogP contribution in [0.5, 0.6) is 0 Å². The molecule has 0 aliphatic carbocycles. The minimum absolute atomic E-state index is 0.0894. The van der Waals surface area contributed by atoms with Gasteiger partial charge >= 0.3 is 6.09 Å². The molecule has 4 nitrogen and oxygen atoms in total. The SMILES string of the molecule is CCNC(=O)OC1CNC1. The maximum Gasteiger partial charge on any atom is 0.407 e. The van der Waals surface area contributed by atoms with Gasteiger partial charge in [-0.25, -0.2) is 4.79 Å². The van der Waals surface area contributed by atoms with Crippen LogP contribution < -0.4 is 10.6 Å². The van der Waals surface area contributed by atoms with Crippen LogP contribution >= 0.6 is 0 Å². The van der Waals surface area contributed by atoms with Crippen molar-refractivity contribution in [2.24, 2.45) is 0 Å². The maximum atomic E-state index is 10.7. The molecule has 0 aromatic rings. The van der Waals surface area contributed by atoms with Crippen molar-refractivity contribution >= 4 is 6.09 Å². The number of carbonyl (C=O) groups is 1. The number of carbonyl (C=O) groups excluding carboxylic acids is 1. The van der Waals surface area contributed by atoms with E-state index in [9.17, 15) is 4.79 Å². The summed E-state index contributed by atoms with van der Waals surface area (Å²) in [5.41, 5.74) is 0. The molecule has 0 unspecified atom stereocenters. The van der Waals surface area contributed by atoms with Gasteiger partial charge in [-0.1, -0.05) is 0 Å². The summed E-state index contributed by atoms with van der Waals surface area (Å²) in [5, 5.41) is 5.56. The fraction of sp³-hybridized carbons (Fsp3) is 0.833. The summed E-state index contributed by atoms with van der Waals surface area (Å²) in [6, 6.07) is 0. The van der Waals surface area contributed by atoms with Gasteiger partial charge in [0.15, 0.2) is 0 Å². The van der Waals surface area contributed by atoms with Crippen molar-refractivity contribution in [3.63, 3.8) is 0 Å². The van der Waals surface area contributed by atoms with Crippen LogP contribution in [0.1, 0.15) is 6.92 Å². The Morgan fingerprint density at radius 1 is 1.80 bits per heavy atom. The lowest BCUT2D eigenvalue weighted by Crippen LogP contribution is -2.50. The first-order chi connectivity index (χ1) is 4.83. The van der Waals surface area contributed by atoms with Gasteiger partial charge < -0.3 is 15.4 Å². The molecule has 10 heavy (non-hydrogen) atoms. The molecule has 1 saturated heterocycles. The third-order valence-corrected chi connectivity index (χ3v) is 1.34. The number of ether oxygens (including phenoxy) is 1. The topological polar surface area (TPSA) is 50.4 Å². The summed E-state index contributed by atoms with van der Waals surface area (Å²) in [4.78, 5) is 10.7. The number of hydrogen-bond acceptors (Lipinski definition) is 3. The van der Waals surface area contributed by atoms with Crippen LogP contribution in [-0.2, 0) is 4.74 Å². The van der Waals surface area contributed by atoms with Gasteiger partial charge in [-0.2, -0.15) is 0 Å². The van der Waals surface area contributed by atoms with Crippen molar-refractivity contribution in [3.05, 3.63) is 0 Å². The van der Waals surface area contributed by atoms with Crippen molar-refractivity contribution in [1.29, 1.82) is 0 Å². The van der Waals surface area contributed by atoms with Crippen LogP contribution in [0.4, 0.5) is 4.79 Å². The minimum Gasteiger partial charge on any atom is -0.444 e. The average Bonchev–Trinajstić information content (AvgIpc) is 1.80. The van der Waals surface area contributed by atoms with E-state index < -0.39 is 0 Å². The molecule has 1 fully saturated rings. The Kier molecular flexibility index (Phi) is 2.50. The standard InChI is InChI=1S/C6H12N2O2/c1-2-8-6(9)10-5-3-7-4-5/h5,7H,2-4H2,1H3,(H,8,9). The predicted octanol–water partition coefficient (Wildman–Crippen LogP) is -0.296. The van der Waals surface area contributed by atoms with Gasteiger partial charge in [0.25, 0.3) is 0 Å². The van der Waals surface area contributed by atoms with Gasteiger partial charge in [0.1, 0.15) is 6.10 Å². The molecule has 1 aliphatic heterocycles. The van der Waals surface area contributed by atoms with Crippen LogP contribution in [-0.4, -0.2) is 31.8 Å². The lowest BCUT2D eigenvalue weighted by Gasteiger charge is -2.26. The summed E-state index contributed by atoms with van der Waals surface area (Å²) < 4.78 is 4.91. The van der Waals surface area contributed by atoms with Crippen LogP contribution in [0.2, 0.25) is 0 Å². The van der Waals surface area contributed by atoms with Crippen molar-refractivity contribution in [3.8, 4) is 0 Å². The Morgan fingerprint density at radius 3 is 2.90 bits per heavy atom. The first kappa shape index (κ1) is 7.34. The second-order valence-electron chi connectivity index (χ2n) is 2.22. The largest absolute Gasteiger partial charge is 0.444 e. The van der Waals surface area contributed by atoms with Crippen LogP contribution in [0.3, 0.4) is 0 Å². The Labute approximate surface area is 59.9 Å². The number of nitrogens with one attached hydrogen (secondary N) is 2. The Bertz CT molecular complexity index is 123. The third kappa shape index (κ3) is 1.88. The van der Waals surface area contributed by atoms with Gasteiger partial charge in [-0.15, -0.1) is 0 Å². The molecule has 0 spiro atoms. The highest BCUT2D eigenvalue weighted by Crippen LogP contribution is 1.97. The van der Waals surface area contributed by atoms with E-state index in [1.54, 1.807) is 0 Å². The van der Waals surface area contributed by atoms with Gasteiger partial charge in [0.05, 0.1) is 0 Å². The van der Waals surface area contributed by atoms with E-state index in [0.717, 1.165) is 13.1 Å². The molecular formula is C6H12N2O2. The summed E-state index contributed by atoms with van der Waals surface area (Å²) in [7, 11) is 0. The zero-order valence-corrected chi connectivity index (χ0v) is 6.02. The zero-order valence-electron chi connectivity index (χ0n) is 6.02. The second-order valence-corrected chi connectivity index (χ2v) is 2.22. The molecule has 58 valence electrons. The first-order valence-corrected chi connectivity index (χ1v) is 3.48. The fourth-order valence-electron chi connectivity index (χ4n) is 0.683. The van der Waals surface area contributed by atoms with Crippen LogP contribution in [0.15, 0.2) is 0 Å². The fourth-order valence-corrected chi connectivity index (χ4v) is 0.683. The lowest BCUT2D eigenvalue weighted by molar-refractivity contribution is 0.0675. The molecule has 1 aliphatic rings. The molecule has 0 atom stereocenters. The van der Waals surface area contributed by atoms with E-state index in [2.05, 4.69) is 10.6 Å². The summed E-state index contributed by atoms with van der Waals surface area (Å²) in [6.45, 7) is 4.06. The quantitative estimate of drug-likeness (QED) is 0.559. The van der Waals surface area contributed by atoms with E-state index in [-0.39, 0.29) is 12.2 Å². The van der Waals surface area contributed by atoms with E-state index in [1.807, 2.05) is 6.92 Å². The summed E-state index contributed by atoms with van der Waals surface area (Å²) in [5.74, 6) is 0. The number of amides is 1. The van der Waals surface area contributed by atoms with Gasteiger partial charge in [-0.3, -0.25) is 0 Å². The minimum atomic E-state index is -0.311. The number of hydrogen-bond donors (Lipinski definition) is 2. The van der Waals surface area contributed by atoms with Crippen LogP contribution in [0.25, 0.3) is 0 Å². The monoisotopic (exact) mass is 144 g/mol. The highest BCUT2D eigenvalue weighted by atomic mass is 16.6. The zero-order chi connectivity index (χ0) is 7.40. The maximum absolute atomic E-state index is 10.7. The Morgan fingerprint density at radius 2 is 2.50 bits per heavy atom. The second kappa shape index (κ2) is 3.41. The molecule has 1 heterocycles. The molecule has 0 bridgehead atoms. The molecule has 1 rings (SSSR count). The van der Waals surface area contributed by atoms with Crippen molar-refractivity contribution in [2.75, 3.05) is 19.6 Å². The highest BCUT2D eigenvalue weighted by molar-refractivity contribution is 5.67. The predicted molar refractivity (Wildman–Crippen MR) is 36.8 cm³/mol. The molecule has 0 radical (unpaired) electrons. The van der Waals surface area contributed by atoms with E-state index in [1.165, 1.54) is 0 Å². The number of rotatable bonds is 2. The molecule has 0 aromatic heterocycles. The summed E-state index contributed by atoms with van der Waals surface area (Å²) >= 11 is 0.